The van der Waals surface area contributed by atoms with Crippen LogP contribution in [-0.4, -0.2) is 40.3 Å². The van der Waals surface area contributed by atoms with Gasteiger partial charge in [-0.1, -0.05) is 24.3 Å². The van der Waals surface area contributed by atoms with Crippen LogP contribution in [0.2, 0.25) is 0 Å². The molecule has 146 valence electrons. The van der Waals surface area contributed by atoms with Gasteiger partial charge in [-0.25, -0.2) is 0 Å². The Bertz CT molecular complexity index is 813. The Morgan fingerprint density at radius 2 is 1.56 bits per heavy atom. The average molecular weight is 392 g/mol. The van der Waals surface area contributed by atoms with Crippen molar-refractivity contribution >= 4 is 16.4 Å². The predicted octanol–water partition coefficient (Wildman–Crippen LogP) is 2.79. The van der Waals surface area contributed by atoms with Crippen molar-refractivity contribution in [1.82, 2.24) is 0 Å². The Morgan fingerprint density at radius 3 is 2.11 bits per heavy atom. The van der Waals surface area contributed by atoms with E-state index in [2.05, 4.69) is 0 Å². The summed E-state index contributed by atoms with van der Waals surface area (Å²) in [4.78, 5) is 10.9. The molecule has 0 N–H and O–H groups in total. The smallest absolute Gasteiger partial charge is 0.306 e. The molecule has 0 aliphatic rings. The van der Waals surface area contributed by atoms with E-state index in [0.29, 0.717) is 31.8 Å². The van der Waals surface area contributed by atoms with Crippen molar-refractivity contribution in [3.8, 4) is 11.5 Å². The van der Waals surface area contributed by atoms with Crippen molar-refractivity contribution < 1.29 is 26.9 Å². The maximum Gasteiger partial charge on any atom is 0.306 e. The number of hydrogen-bond acceptors (Lipinski definition) is 6. The summed E-state index contributed by atoms with van der Waals surface area (Å²) in [7, 11) is -3.51. The second-order valence-electron chi connectivity index (χ2n) is 6.01. The van der Waals surface area contributed by atoms with Gasteiger partial charge in [-0.3, -0.25) is 0 Å². The summed E-state index contributed by atoms with van der Waals surface area (Å²) in [6, 6.07) is 14.4. The quantitative estimate of drug-likeness (QED) is 0.432. The van der Waals surface area contributed by atoms with E-state index in [1.165, 1.54) is 0 Å². The van der Waals surface area contributed by atoms with Crippen LogP contribution in [0.5, 0.6) is 11.5 Å². The van der Waals surface area contributed by atoms with E-state index in [-0.39, 0.29) is 0 Å². The van der Waals surface area contributed by atoms with Gasteiger partial charge in [0.1, 0.15) is 23.9 Å². The van der Waals surface area contributed by atoms with Gasteiger partial charge in [0, 0.05) is 19.4 Å². The first-order valence-electron chi connectivity index (χ1n) is 8.66. The summed E-state index contributed by atoms with van der Waals surface area (Å²) in [5.74, 6) is 1.04. The number of carbonyl (C=O) groups is 1. The van der Waals surface area contributed by atoms with E-state index >= 15 is 0 Å². The van der Waals surface area contributed by atoms with Crippen molar-refractivity contribution in [2.24, 2.45) is 0 Å². The van der Waals surface area contributed by atoms with Crippen LogP contribution in [0.25, 0.3) is 0 Å². The lowest BCUT2D eigenvalue weighted by Gasteiger charge is -2.11. The van der Waals surface area contributed by atoms with Crippen LogP contribution in [-0.2, 0) is 32.5 Å². The van der Waals surface area contributed by atoms with E-state index in [1.807, 2.05) is 31.2 Å². The van der Waals surface area contributed by atoms with Gasteiger partial charge >= 0.3 is 10.1 Å². The molecular formula is C20H24O6S. The standard InChI is InChI=1S/C20H24O6S/c1-3-24-20(15-21)14-17-6-8-18(9-7-17)25-13-12-16-4-10-19(11-5-16)26-27(2,22)23/h4-11,15,20H,3,12-14H2,1-2H3/t20-/m1/s1. The molecule has 0 aromatic heterocycles. The molecule has 0 fully saturated rings. The highest BCUT2D eigenvalue weighted by molar-refractivity contribution is 7.86. The Morgan fingerprint density at radius 1 is 0.963 bits per heavy atom. The lowest BCUT2D eigenvalue weighted by molar-refractivity contribution is -0.117. The third kappa shape index (κ3) is 7.80. The number of benzene rings is 2. The molecule has 0 unspecified atom stereocenters. The summed E-state index contributed by atoms with van der Waals surface area (Å²) in [6.45, 7) is 2.85. The normalized spacial score (nSPS) is 12.4. The van der Waals surface area contributed by atoms with Crippen LogP contribution in [0.3, 0.4) is 0 Å². The first kappa shape index (κ1) is 20.9. The van der Waals surface area contributed by atoms with Gasteiger partial charge in [0.2, 0.25) is 0 Å². The van der Waals surface area contributed by atoms with E-state index < -0.39 is 16.2 Å². The predicted molar refractivity (Wildman–Crippen MR) is 103 cm³/mol. The number of aldehydes is 1. The van der Waals surface area contributed by atoms with E-state index in [4.69, 9.17) is 13.7 Å². The SMILES string of the molecule is CCO[C@@H](C=O)Cc1ccc(OCCc2ccc(OS(C)(=O)=O)cc2)cc1. The zero-order chi connectivity index (χ0) is 19.7. The minimum atomic E-state index is -3.51. The second-order valence-corrected chi connectivity index (χ2v) is 7.58. The molecule has 0 spiro atoms. The largest absolute Gasteiger partial charge is 0.493 e. The number of ether oxygens (including phenoxy) is 2. The number of carbonyl (C=O) groups excluding carboxylic acids is 1. The average Bonchev–Trinajstić information content (AvgIpc) is 2.63. The highest BCUT2D eigenvalue weighted by Gasteiger charge is 2.08. The molecule has 2 aromatic rings. The minimum Gasteiger partial charge on any atom is -0.493 e. The highest BCUT2D eigenvalue weighted by Crippen LogP contribution is 2.16. The minimum absolute atomic E-state index is 0.290. The Balaban J connectivity index is 1.80. The van der Waals surface area contributed by atoms with Gasteiger partial charge in [-0.05, 0) is 42.3 Å². The monoisotopic (exact) mass is 392 g/mol. The summed E-state index contributed by atoms with van der Waals surface area (Å²) >= 11 is 0. The Hall–Kier alpha value is -2.38. The van der Waals surface area contributed by atoms with Gasteiger partial charge in [0.25, 0.3) is 0 Å². The van der Waals surface area contributed by atoms with E-state index in [0.717, 1.165) is 29.4 Å². The molecule has 0 aliphatic carbocycles. The van der Waals surface area contributed by atoms with Gasteiger partial charge in [-0.15, -0.1) is 0 Å². The molecule has 0 radical (unpaired) electrons. The number of rotatable bonds is 11. The maximum absolute atomic E-state index is 11.1. The van der Waals surface area contributed by atoms with Gasteiger partial charge in [0.05, 0.1) is 12.9 Å². The van der Waals surface area contributed by atoms with Crippen molar-refractivity contribution in [2.75, 3.05) is 19.5 Å². The van der Waals surface area contributed by atoms with Crippen molar-refractivity contribution in [3.05, 3.63) is 59.7 Å². The zero-order valence-electron chi connectivity index (χ0n) is 15.5. The van der Waals surface area contributed by atoms with Gasteiger partial charge in [0.15, 0.2) is 0 Å². The molecule has 0 saturated heterocycles. The topological polar surface area (TPSA) is 78.9 Å². The van der Waals surface area contributed by atoms with Gasteiger partial charge < -0.3 is 18.5 Å². The van der Waals surface area contributed by atoms with Crippen LogP contribution < -0.4 is 8.92 Å². The van der Waals surface area contributed by atoms with Crippen molar-refractivity contribution in [2.45, 2.75) is 25.9 Å². The van der Waals surface area contributed by atoms with E-state index in [9.17, 15) is 13.2 Å². The van der Waals surface area contributed by atoms with Crippen molar-refractivity contribution in [3.63, 3.8) is 0 Å². The molecule has 7 heteroatoms. The van der Waals surface area contributed by atoms with Gasteiger partial charge in [-0.2, -0.15) is 8.42 Å². The lowest BCUT2D eigenvalue weighted by Crippen LogP contribution is -2.17. The molecular weight excluding hydrogens is 368 g/mol. The second kappa shape index (κ2) is 10.1. The summed E-state index contributed by atoms with van der Waals surface area (Å²) < 4.78 is 38.0. The molecule has 0 bridgehead atoms. The fourth-order valence-corrected chi connectivity index (χ4v) is 2.95. The van der Waals surface area contributed by atoms with Crippen LogP contribution >= 0.6 is 0 Å². The van der Waals surface area contributed by atoms with Crippen molar-refractivity contribution in [1.29, 1.82) is 0 Å². The van der Waals surface area contributed by atoms with Crippen LogP contribution in [0.15, 0.2) is 48.5 Å². The molecule has 0 heterocycles. The molecule has 2 rings (SSSR count). The zero-order valence-corrected chi connectivity index (χ0v) is 16.3. The first-order valence-corrected chi connectivity index (χ1v) is 10.5. The highest BCUT2D eigenvalue weighted by atomic mass is 32.2. The first-order chi connectivity index (χ1) is 12.9. The third-order valence-corrected chi connectivity index (χ3v) is 4.22. The van der Waals surface area contributed by atoms with E-state index in [1.54, 1.807) is 24.3 Å². The summed E-state index contributed by atoms with van der Waals surface area (Å²) in [5, 5.41) is 0. The fraction of sp³-hybridized carbons (Fsp3) is 0.350. The van der Waals surface area contributed by atoms with Crippen LogP contribution in [0.1, 0.15) is 18.1 Å². The Labute approximate surface area is 160 Å². The molecule has 0 amide bonds. The molecule has 1 atom stereocenters. The number of hydrogen-bond donors (Lipinski definition) is 0. The Kier molecular flexibility index (Phi) is 7.82. The van der Waals surface area contributed by atoms with Crippen LogP contribution in [0.4, 0.5) is 0 Å². The molecule has 6 nitrogen and oxygen atoms in total. The molecule has 2 aromatic carbocycles. The molecule has 27 heavy (non-hydrogen) atoms. The fourth-order valence-electron chi connectivity index (χ4n) is 2.49. The molecule has 0 aliphatic heterocycles. The summed E-state index contributed by atoms with van der Waals surface area (Å²) in [6.07, 6.45) is 2.63. The van der Waals surface area contributed by atoms with Crippen LogP contribution in [0, 0.1) is 0 Å². The summed E-state index contributed by atoms with van der Waals surface area (Å²) in [5.41, 5.74) is 2.02. The molecule has 0 saturated carbocycles. The lowest BCUT2D eigenvalue weighted by atomic mass is 10.1. The maximum atomic E-state index is 11.1. The third-order valence-electron chi connectivity index (χ3n) is 3.72.